The van der Waals surface area contributed by atoms with E-state index in [0.29, 0.717) is 12.0 Å². The van der Waals surface area contributed by atoms with Crippen LogP contribution < -0.4 is 0 Å². The first kappa shape index (κ1) is 10.0. The Balaban J connectivity index is 3.16. The summed E-state index contributed by atoms with van der Waals surface area (Å²) in [7, 11) is 0. The SMILES string of the molecule is [2H]C([2H])([2H])N(C(=O)OCCCC)C([2H])([2H])c1ccc(C(Cl)=NO)cc1. The summed E-state index contributed by atoms with van der Waals surface area (Å²) in [6, 6.07) is 5.19. The first-order chi connectivity index (χ1) is 11.6. The Morgan fingerprint density at radius 2 is 2.25 bits per heavy atom. The molecule has 110 valence electrons. The second-order valence-electron chi connectivity index (χ2n) is 3.88. The zero-order valence-corrected chi connectivity index (χ0v) is 11.7. The van der Waals surface area contributed by atoms with Crippen molar-refractivity contribution in [3.05, 3.63) is 35.4 Å². The van der Waals surface area contributed by atoms with E-state index < -0.39 is 19.6 Å². The Bertz CT molecular complexity index is 620. The van der Waals surface area contributed by atoms with E-state index in [1.165, 1.54) is 24.3 Å². The normalized spacial score (nSPS) is 16.3. The molecule has 1 rings (SSSR count). The third-order valence-electron chi connectivity index (χ3n) is 2.36. The number of carbonyl (C=O) groups excluding carboxylic acids is 1. The molecule has 0 spiro atoms. The monoisotopic (exact) mass is 303 g/mol. The lowest BCUT2D eigenvalue weighted by atomic mass is 10.1. The summed E-state index contributed by atoms with van der Waals surface area (Å²) in [6.45, 7) is -3.83. The van der Waals surface area contributed by atoms with E-state index in [9.17, 15) is 4.79 Å². The van der Waals surface area contributed by atoms with Crippen molar-refractivity contribution in [2.75, 3.05) is 13.6 Å². The molecule has 0 aromatic heterocycles. The minimum Gasteiger partial charge on any atom is -0.449 e. The van der Waals surface area contributed by atoms with Crippen LogP contribution in [-0.4, -0.2) is 35.0 Å². The van der Waals surface area contributed by atoms with Gasteiger partial charge in [-0.15, -0.1) is 0 Å². The van der Waals surface area contributed by atoms with Gasteiger partial charge in [0.1, 0.15) is 0 Å². The van der Waals surface area contributed by atoms with Crippen molar-refractivity contribution in [2.45, 2.75) is 26.3 Å². The number of amides is 1. The van der Waals surface area contributed by atoms with Crippen LogP contribution >= 0.6 is 11.6 Å². The highest BCUT2D eigenvalue weighted by Gasteiger charge is 2.10. The first-order valence-corrected chi connectivity index (χ1v) is 6.39. The predicted molar refractivity (Wildman–Crippen MR) is 78.3 cm³/mol. The van der Waals surface area contributed by atoms with Crippen LogP contribution in [0.5, 0.6) is 0 Å². The highest BCUT2D eigenvalue weighted by molar-refractivity contribution is 6.69. The number of oxime groups is 1. The van der Waals surface area contributed by atoms with Gasteiger partial charge < -0.3 is 14.8 Å². The number of unbranched alkanes of at least 4 members (excludes halogenated alkanes) is 1. The van der Waals surface area contributed by atoms with E-state index >= 15 is 0 Å². The molecule has 0 saturated carbocycles. The van der Waals surface area contributed by atoms with Crippen molar-refractivity contribution in [3.63, 3.8) is 0 Å². The number of rotatable bonds is 6. The zero-order valence-electron chi connectivity index (χ0n) is 16.0. The van der Waals surface area contributed by atoms with E-state index in [0.717, 1.165) is 6.42 Å². The van der Waals surface area contributed by atoms with E-state index in [-0.39, 0.29) is 22.2 Å². The number of hydrogen-bond donors (Lipinski definition) is 1. The van der Waals surface area contributed by atoms with Crippen LogP contribution in [-0.2, 0) is 11.2 Å². The van der Waals surface area contributed by atoms with Gasteiger partial charge in [0.25, 0.3) is 0 Å². The lowest BCUT2D eigenvalue weighted by Gasteiger charge is -2.17. The van der Waals surface area contributed by atoms with Gasteiger partial charge in [-0.1, -0.05) is 54.4 Å². The van der Waals surface area contributed by atoms with Gasteiger partial charge in [-0.05, 0) is 12.0 Å². The maximum absolute atomic E-state index is 12.1. The van der Waals surface area contributed by atoms with Gasteiger partial charge in [0, 0.05) is 23.1 Å². The fourth-order valence-electron chi connectivity index (χ4n) is 1.28. The van der Waals surface area contributed by atoms with Crippen LogP contribution in [0.3, 0.4) is 0 Å². The van der Waals surface area contributed by atoms with Gasteiger partial charge in [-0.25, -0.2) is 4.79 Å². The average Bonchev–Trinajstić information content (AvgIpc) is 2.53. The number of ether oxygens (including phenoxy) is 1. The van der Waals surface area contributed by atoms with Crippen LogP contribution in [0, 0.1) is 0 Å². The molecule has 0 saturated heterocycles. The standard InChI is InChI=1S/C14H19ClN2O3/c1-3-4-9-20-14(18)17(2)10-11-5-7-12(8-6-11)13(15)16-19/h5-8,19H,3-4,9-10H2,1-2H3/i2D3,10D2. The molecule has 0 bridgehead atoms. The van der Waals surface area contributed by atoms with Crippen molar-refractivity contribution in [1.29, 1.82) is 0 Å². The van der Waals surface area contributed by atoms with Crippen molar-refractivity contribution in [2.24, 2.45) is 5.16 Å². The summed E-state index contributed by atoms with van der Waals surface area (Å²) in [6.07, 6.45) is 0.0114. The summed E-state index contributed by atoms with van der Waals surface area (Å²) in [4.78, 5) is 12.2. The molecule has 20 heavy (non-hydrogen) atoms. The molecule has 0 unspecified atom stereocenters. The van der Waals surface area contributed by atoms with Gasteiger partial charge in [-0.2, -0.15) is 0 Å². The first-order valence-electron chi connectivity index (χ1n) is 8.51. The molecule has 0 fully saturated rings. The number of halogens is 1. The van der Waals surface area contributed by atoms with E-state index in [2.05, 4.69) is 5.16 Å². The molecule has 0 atom stereocenters. The molecule has 1 aromatic rings. The quantitative estimate of drug-likeness (QED) is 0.379. The minimum atomic E-state index is -3.05. The van der Waals surface area contributed by atoms with Crippen LogP contribution in [0.2, 0.25) is 0 Å². The maximum atomic E-state index is 12.1. The third kappa shape index (κ3) is 5.09. The number of hydrogen-bond acceptors (Lipinski definition) is 4. The van der Waals surface area contributed by atoms with Crippen molar-refractivity contribution >= 4 is 22.9 Å². The summed E-state index contributed by atoms with van der Waals surface area (Å²) in [5, 5.41) is 11.2. The third-order valence-corrected chi connectivity index (χ3v) is 2.65. The largest absolute Gasteiger partial charge is 0.449 e. The summed E-state index contributed by atoms with van der Waals surface area (Å²) < 4.78 is 43.6. The Labute approximate surface area is 130 Å². The minimum absolute atomic E-state index is 0.000493. The van der Waals surface area contributed by atoms with Crippen molar-refractivity contribution in [3.8, 4) is 0 Å². The smallest absolute Gasteiger partial charge is 0.409 e. The molecule has 5 nitrogen and oxygen atoms in total. The molecule has 0 radical (unpaired) electrons. The maximum Gasteiger partial charge on any atom is 0.409 e. The predicted octanol–water partition coefficient (Wildman–Crippen LogP) is 3.43. The van der Waals surface area contributed by atoms with Crippen molar-refractivity contribution in [1.82, 2.24) is 4.90 Å². The molecule has 1 amide bonds. The van der Waals surface area contributed by atoms with Crippen molar-refractivity contribution < 1.29 is 21.6 Å². The molecular formula is C14H19ClN2O3. The van der Waals surface area contributed by atoms with Crippen LogP contribution in [0.15, 0.2) is 29.4 Å². The van der Waals surface area contributed by atoms with E-state index in [1.807, 2.05) is 6.92 Å². The van der Waals surface area contributed by atoms with E-state index in [4.69, 9.17) is 28.4 Å². The summed E-state index contributed by atoms with van der Waals surface area (Å²) in [5.41, 5.74) is 0.205. The molecule has 0 aliphatic rings. The molecule has 0 aliphatic heterocycles. The summed E-state index contributed by atoms with van der Waals surface area (Å²) >= 11 is 5.65. The fraction of sp³-hybridized carbons (Fsp3) is 0.429. The number of benzene rings is 1. The Hall–Kier alpha value is -1.75. The average molecular weight is 304 g/mol. The lowest BCUT2D eigenvalue weighted by molar-refractivity contribution is 0.108. The van der Waals surface area contributed by atoms with Crippen LogP contribution in [0.25, 0.3) is 0 Å². The fourth-order valence-corrected chi connectivity index (χ4v) is 1.41. The van der Waals surface area contributed by atoms with Gasteiger partial charge in [0.05, 0.1) is 9.35 Å². The van der Waals surface area contributed by atoms with Gasteiger partial charge in [-0.3, -0.25) is 0 Å². The molecular weight excluding hydrogens is 280 g/mol. The second-order valence-corrected chi connectivity index (χ2v) is 4.24. The lowest BCUT2D eigenvalue weighted by Crippen LogP contribution is -2.27. The number of nitrogens with zero attached hydrogens (tertiary/aromatic N) is 2. The molecule has 0 aliphatic carbocycles. The zero-order chi connectivity index (χ0) is 19.3. The van der Waals surface area contributed by atoms with E-state index in [1.54, 1.807) is 0 Å². The van der Waals surface area contributed by atoms with Crippen LogP contribution in [0.4, 0.5) is 4.79 Å². The van der Waals surface area contributed by atoms with Crippen LogP contribution in [0.1, 0.15) is 37.7 Å². The molecule has 1 aromatic carbocycles. The molecule has 0 heterocycles. The molecule has 1 N–H and O–H groups in total. The second kappa shape index (κ2) is 8.43. The summed E-state index contributed by atoms with van der Waals surface area (Å²) in [5.74, 6) is 0. The number of carbonyl (C=O) groups is 1. The molecule has 6 heteroatoms. The Kier molecular flexibility index (Phi) is 4.23. The highest BCUT2D eigenvalue weighted by atomic mass is 35.5. The van der Waals surface area contributed by atoms with Gasteiger partial charge in [0.15, 0.2) is 5.17 Å². The Morgan fingerprint density at radius 1 is 1.55 bits per heavy atom. The Morgan fingerprint density at radius 3 is 2.80 bits per heavy atom. The van der Waals surface area contributed by atoms with Gasteiger partial charge >= 0.3 is 6.09 Å². The van der Waals surface area contributed by atoms with Gasteiger partial charge in [0.2, 0.25) is 0 Å². The topological polar surface area (TPSA) is 62.1 Å². The highest BCUT2D eigenvalue weighted by Crippen LogP contribution is 2.10.